The summed E-state index contributed by atoms with van der Waals surface area (Å²) in [5, 5.41) is 18.4. The van der Waals surface area contributed by atoms with Crippen LogP contribution < -0.4 is 5.43 Å². The van der Waals surface area contributed by atoms with Crippen molar-refractivity contribution in [2.24, 2.45) is 32.9 Å². The smallest absolute Gasteiger partial charge is 0.127 e. The van der Waals surface area contributed by atoms with E-state index in [1.165, 1.54) is 5.71 Å². The van der Waals surface area contributed by atoms with Crippen molar-refractivity contribution in [1.29, 1.82) is 0 Å². The molecular weight excluding hydrogens is 460 g/mol. The van der Waals surface area contributed by atoms with Gasteiger partial charge in [-0.15, -0.1) is 5.10 Å². The van der Waals surface area contributed by atoms with Crippen molar-refractivity contribution >= 4 is 11.4 Å². The molecule has 1 N–H and O–H groups in total. The van der Waals surface area contributed by atoms with E-state index in [1.54, 1.807) is 0 Å². The lowest BCUT2D eigenvalue weighted by Gasteiger charge is -2.36. The van der Waals surface area contributed by atoms with E-state index in [2.05, 4.69) is 138 Å². The highest BCUT2D eigenvalue weighted by Gasteiger charge is 2.34. The molecule has 1 aromatic heterocycles. The first kappa shape index (κ1) is 33.1. The molecule has 0 saturated heterocycles. The maximum atomic E-state index is 5.77. The van der Waals surface area contributed by atoms with Gasteiger partial charge in [0.1, 0.15) is 6.10 Å². The summed E-state index contributed by atoms with van der Waals surface area (Å²) in [6.07, 6.45) is 4.02. The largest absolute Gasteiger partial charge is 0.393 e. The van der Waals surface area contributed by atoms with Crippen LogP contribution in [0.2, 0.25) is 0 Å². The molecule has 0 radical (unpaired) electrons. The van der Waals surface area contributed by atoms with E-state index >= 15 is 0 Å². The minimum Gasteiger partial charge on any atom is -0.393 e. The van der Waals surface area contributed by atoms with Crippen LogP contribution >= 0.6 is 0 Å². The summed E-state index contributed by atoms with van der Waals surface area (Å²) in [6.45, 7) is 35.0. The van der Waals surface area contributed by atoms with E-state index in [-0.39, 0.29) is 33.9 Å². The number of hydrogen-bond donors (Lipinski definition) is 1. The van der Waals surface area contributed by atoms with Gasteiger partial charge in [-0.1, -0.05) is 79.6 Å². The molecule has 0 unspecified atom stereocenters. The lowest BCUT2D eigenvalue weighted by molar-refractivity contribution is 0.0374. The lowest BCUT2D eigenvalue weighted by atomic mass is 9.73. The van der Waals surface area contributed by atoms with Crippen LogP contribution in [-0.4, -0.2) is 38.6 Å². The normalized spacial score (nSPS) is 17.1. The van der Waals surface area contributed by atoms with Crippen molar-refractivity contribution < 1.29 is 4.84 Å². The van der Waals surface area contributed by atoms with Crippen molar-refractivity contribution in [3.05, 3.63) is 11.9 Å². The van der Waals surface area contributed by atoms with Crippen LogP contribution in [0.3, 0.4) is 0 Å². The standard InChI is InChI=1S/C30H58N6O/c1-20(2)23(5)37-34-24(6)30(15,16)21(3)22(4)31-32-25(27(7,8)9)17-18-29(13,14)26-19-36(35-33-26)28(10,11)12/h19-23,31H,17-18H2,1-16H3/t21-,22-,23-/m1/s1. The zero-order valence-corrected chi connectivity index (χ0v) is 26.9. The fraction of sp³-hybridized carbons (Fsp3) is 0.867. The van der Waals surface area contributed by atoms with Gasteiger partial charge in [-0.2, -0.15) is 5.10 Å². The maximum Gasteiger partial charge on any atom is 0.127 e. The summed E-state index contributed by atoms with van der Waals surface area (Å²) < 4.78 is 1.95. The van der Waals surface area contributed by atoms with Crippen molar-refractivity contribution in [1.82, 2.24) is 20.4 Å². The molecule has 0 aliphatic heterocycles. The Morgan fingerprint density at radius 3 is 2.00 bits per heavy atom. The zero-order chi connectivity index (χ0) is 29.0. The first-order chi connectivity index (χ1) is 16.6. The summed E-state index contributed by atoms with van der Waals surface area (Å²) in [6, 6.07) is 0.166. The minimum atomic E-state index is -0.137. The molecule has 214 valence electrons. The quantitative estimate of drug-likeness (QED) is 0.229. The van der Waals surface area contributed by atoms with Gasteiger partial charge in [-0.3, -0.25) is 0 Å². The molecular formula is C30H58N6O. The fourth-order valence-electron chi connectivity index (χ4n) is 3.71. The number of nitrogens with one attached hydrogen (secondary N) is 1. The Hall–Kier alpha value is -1.92. The highest BCUT2D eigenvalue weighted by molar-refractivity contribution is 5.89. The van der Waals surface area contributed by atoms with Crippen LogP contribution in [0.15, 0.2) is 16.5 Å². The van der Waals surface area contributed by atoms with Crippen LogP contribution in [0.25, 0.3) is 0 Å². The van der Waals surface area contributed by atoms with Crippen molar-refractivity contribution in [3.63, 3.8) is 0 Å². The molecule has 0 bridgehead atoms. The number of aromatic nitrogens is 3. The Labute approximate surface area is 228 Å². The third-order valence-electron chi connectivity index (χ3n) is 8.25. The highest BCUT2D eigenvalue weighted by Crippen LogP contribution is 2.33. The second-order valence-corrected chi connectivity index (χ2v) is 14.6. The van der Waals surface area contributed by atoms with E-state index in [0.29, 0.717) is 11.8 Å². The van der Waals surface area contributed by atoms with Crippen LogP contribution in [-0.2, 0) is 15.8 Å². The van der Waals surface area contributed by atoms with E-state index < -0.39 is 0 Å². The van der Waals surface area contributed by atoms with Crippen LogP contribution in [0.4, 0.5) is 0 Å². The fourth-order valence-corrected chi connectivity index (χ4v) is 3.71. The van der Waals surface area contributed by atoms with Gasteiger partial charge in [-0.05, 0) is 66.2 Å². The molecule has 7 heteroatoms. The number of hydrazone groups is 1. The van der Waals surface area contributed by atoms with Gasteiger partial charge in [0.25, 0.3) is 0 Å². The predicted molar refractivity (Wildman–Crippen MR) is 158 cm³/mol. The van der Waals surface area contributed by atoms with E-state index in [1.807, 2.05) is 4.68 Å². The SMILES string of the molecule is CC(=NO[C@H](C)C(C)C)C(C)(C)[C@H](C)[C@@H](C)NN=C(CCC(C)(C)c1cn(C(C)(C)C)nn1)C(C)(C)C. The van der Waals surface area contributed by atoms with E-state index in [9.17, 15) is 0 Å². The van der Waals surface area contributed by atoms with Crippen molar-refractivity contribution in [2.45, 2.75) is 147 Å². The summed E-state index contributed by atoms with van der Waals surface area (Å²) in [4.78, 5) is 5.77. The van der Waals surface area contributed by atoms with Crippen LogP contribution in [0, 0.1) is 22.7 Å². The molecule has 37 heavy (non-hydrogen) atoms. The topological polar surface area (TPSA) is 76.7 Å². The zero-order valence-electron chi connectivity index (χ0n) is 26.9. The van der Waals surface area contributed by atoms with Crippen molar-refractivity contribution in [2.75, 3.05) is 0 Å². The predicted octanol–water partition coefficient (Wildman–Crippen LogP) is 7.57. The summed E-state index contributed by atoms with van der Waals surface area (Å²) in [7, 11) is 0. The first-order valence-electron chi connectivity index (χ1n) is 14.1. The summed E-state index contributed by atoms with van der Waals surface area (Å²) >= 11 is 0. The number of oxime groups is 1. The van der Waals surface area contributed by atoms with Gasteiger partial charge in [-0.25, -0.2) is 4.68 Å². The molecule has 1 heterocycles. The molecule has 1 aromatic rings. The van der Waals surface area contributed by atoms with Gasteiger partial charge < -0.3 is 10.3 Å². The second kappa shape index (κ2) is 12.3. The summed E-state index contributed by atoms with van der Waals surface area (Å²) in [5.74, 6) is 0.723. The third kappa shape index (κ3) is 9.40. The molecule has 0 amide bonds. The van der Waals surface area contributed by atoms with Gasteiger partial charge in [0.15, 0.2) is 0 Å². The third-order valence-corrected chi connectivity index (χ3v) is 8.25. The van der Waals surface area contributed by atoms with Gasteiger partial charge in [0.2, 0.25) is 0 Å². The maximum absolute atomic E-state index is 5.77. The second-order valence-electron chi connectivity index (χ2n) is 14.6. The van der Waals surface area contributed by atoms with Crippen LogP contribution in [0.1, 0.15) is 129 Å². The molecule has 0 aromatic carbocycles. The molecule has 0 aliphatic rings. The summed E-state index contributed by atoms with van der Waals surface area (Å²) in [5.41, 5.74) is 6.34. The number of nitrogens with zero attached hydrogens (tertiary/aromatic N) is 5. The highest BCUT2D eigenvalue weighted by atomic mass is 16.6. The molecule has 1 rings (SSSR count). The lowest BCUT2D eigenvalue weighted by Crippen LogP contribution is -2.42. The Morgan fingerprint density at radius 2 is 1.54 bits per heavy atom. The Morgan fingerprint density at radius 1 is 0.973 bits per heavy atom. The molecule has 0 fully saturated rings. The molecule has 0 aliphatic carbocycles. The molecule has 3 atom stereocenters. The first-order valence-corrected chi connectivity index (χ1v) is 14.1. The Balaban J connectivity index is 2.97. The average Bonchev–Trinajstić information content (AvgIpc) is 3.27. The Kier molecular flexibility index (Phi) is 11.0. The monoisotopic (exact) mass is 518 g/mol. The molecule has 0 saturated carbocycles. The molecule has 7 nitrogen and oxygen atoms in total. The van der Waals surface area contributed by atoms with Gasteiger partial charge >= 0.3 is 0 Å². The minimum absolute atomic E-state index is 0.0389. The van der Waals surface area contributed by atoms with Crippen molar-refractivity contribution in [3.8, 4) is 0 Å². The van der Waals surface area contributed by atoms with E-state index in [0.717, 1.165) is 24.2 Å². The number of rotatable bonds is 12. The Bertz CT molecular complexity index is 911. The molecule has 0 spiro atoms. The van der Waals surface area contributed by atoms with Gasteiger partial charge in [0.05, 0.1) is 16.9 Å². The van der Waals surface area contributed by atoms with Crippen LogP contribution in [0.5, 0.6) is 0 Å². The van der Waals surface area contributed by atoms with Gasteiger partial charge in [0, 0.05) is 34.2 Å². The average molecular weight is 519 g/mol. The number of hydrogen-bond acceptors (Lipinski definition) is 6. The van der Waals surface area contributed by atoms with E-state index in [4.69, 9.17) is 9.94 Å².